The number of nitrogens with one attached hydrogen (secondary N) is 2. The highest BCUT2D eigenvalue weighted by Crippen LogP contribution is 2.18. The molecule has 2 aromatic rings. The number of benzene rings is 1. The molecule has 6 heteroatoms. The van der Waals surface area contributed by atoms with E-state index in [1.165, 1.54) is 6.92 Å². The second-order valence-corrected chi connectivity index (χ2v) is 4.96. The van der Waals surface area contributed by atoms with Crippen molar-refractivity contribution in [2.75, 3.05) is 10.6 Å². The molecule has 0 aliphatic heterocycles. The van der Waals surface area contributed by atoms with E-state index in [1.54, 1.807) is 36.0 Å². The van der Waals surface area contributed by atoms with Crippen molar-refractivity contribution in [2.24, 2.45) is 7.05 Å². The molecule has 2 rings (SSSR count). The Morgan fingerprint density at radius 1 is 1.14 bits per heavy atom. The largest absolute Gasteiger partial charge is 0.326 e. The summed E-state index contributed by atoms with van der Waals surface area (Å²) in [5, 5.41) is 9.68. The Labute approximate surface area is 123 Å². The standard InChI is InChI=1S/C15H18N4O2/c1-9-5-6-12(8-13(9)16-11(3)20)15(21)17-14-7-10(2)18-19(14)4/h5-8H,1-4H3,(H,16,20)(H,17,21). The first-order valence-corrected chi connectivity index (χ1v) is 6.57. The fraction of sp³-hybridized carbons (Fsp3) is 0.267. The lowest BCUT2D eigenvalue weighted by molar-refractivity contribution is -0.114. The summed E-state index contributed by atoms with van der Waals surface area (Å²) in [6.07, 6.45) is 0. The van der Waals surface area contributed by atoms with Gasteiger partial charge >= 0.3 is 0 Å². The molecule has 0 bridgehead atoms. The molecule has 110 valence electrons. The van der Waals surface area contributed by atoms with Gasteiger partial charge in [0.1, 0.15) is 5.82 Å². The van der Waals surface area contributed by atoms with Gasteiger partial charge in [-0.2, -0.15) is 5.10 Å². The summed E-state index contributed by atoms with van der Waals surface area (Å²) in [6, 6.07) is 6.98. The third kappa shape index (κ3) is 3.47. The van der Waals surface area contributed by atoms with Crippen LogP contribution in [0.4, 0.5) is 11.5 Å². The Balaban J connectivity index is 2.23. The van der Waals surface area contributed by atoms with E-state index in [-0.39, 0.29) is 11.8 Å². The van der Waals surface area contributed by atoms with Crippen LogP contribution in [0.25, 0.3) is 0 Å². The van der Waals surface area contributed by atoms with Crippen LogP contribution < -0.4 is 10.6 Å². The maximum atomic E-state index is 12.3. The van der Waals surface area contributed by atoms with Gasteiger partial charge < -0.3 is 10.6 Å². The topological polar surface area (TPSA) is 76.0 Å². The molecule has 2 N–H and O–H groups in total. The Morgan fingerprint density at radius 3 is 2.43 bits per heavy atom. The SMILES string of the molecule is CC(=O)Nc1cc(C(=O)Nc2cc(C)nn2C)ccc1C. The van der Waals surface area contributed by atoms with Crippen LogP contribution in [0.1, 0.15) is 28.5 Å². The summed E-state index contributed by atoms with van der Waals surface area (Å²) in [5.41, 5.74) is 2.84. The molecular weight excluding hydrogens is 268 g/mol. The van der Waals surface area contributed by atoms with E-state index in [0.717, 1.165) is 11.3 Å². The molecule has 6 nitrogen and oxygen atoms in total. The minimum Gasteiger partial charge on any atom is -0.326 e. The molecule has 0 saturated carbocycles. The van der Waals surface area contributed by atoms with Crippen molar-refractivity contribution in [1.82, 2.24) is 9.78 Å². The summed E-state index contributed by atoms with van der Waals surface area (Å²) in [4.78, 5) is 23.4. The van der Waals surface area contributed by atoms with Crippen molar-refractivity contribution >= 4 is 23.3 Å². The van der Waals surface area contributed by atoms with Crippen molar-refractivity contribution < 1.29 is 9.59 Å². The van der Waals surface area contributed by atoms with Crippen molar-refractivity contribution in [2.45, 2.75) is 20.8 Å². The molecule has 0 fully saturated rings. The van der Waals surface area contributed by atoms with Crippen LogP contribution >= 0.6 is 0 Å². The number of hydrogen-bond donors (Lipinski definition) is 2. The van der Waals surface area contributed by atoms with Gasteiger partial charge in [-0.3, -0.25) is 14.3 Å². The van der Waals surface area contributed by atoms with Crippen LogP contribution in [-0.4, -0.2) is 21.6 Å². The van der Waals surface area contributed by atoms with Crippen LogP contribution in [0.3, 0.4) is 0 Å². The lowest BCUT2D eigenvalue weighted by atomic mass is 10.1. The highest BCUT2D eigenvalue weighted by Gasteiger charge is 2.11. The van der Waals surface area contributed by atoms with Gasteiger partial charge in [-0.1, -0.05) is 6.07 Å². The highest BCUT2D eigenvalue weighted by atomic mass is 16.2. The lowest BCUT2D eigenvalue weighted by Gasteiger charge is -2.10. The van der Waals surface area contributed by atoms with E-state index in [2.05, 4.69) is 15.7 Å². The van der Waals surface area contributed by atoms with Gasteiger partial charge in [0.05, 0.1) is 5.69 Å². The number of aryl methyl sites for hydroxylation is 3. The Bertz CT molecular complexity index is 704. The molecule has 0 aliphatic carbocycles. The zero-order valence-electron chi connectivity index (χ0n) is 12.5. The Morgan fingerprint density at radius 2 is 1.86 bits per heavy atom. The van der Waals surface area contributed by atoms with Gasteiger partial charge in [0.15, 0.2) is 0 Å². The van der Waals surface area contributed by atoms with Crippen LogP contribution in [0.5, 0.6) is 0 Å². The summed E-state index contributed by atoms with van der Waals surface area (Å²) < 4.78 is 1.61. The lowest BCUT2D eigenvalue weighted by Crippen LogP contribution is -2.15. The van der Waals surface area contributed by atoms with E-state index in [0.29, 0.717) is 17.1 Å². The molecule has 1 heterocycles. The fourth-order valence-electron chi connectivity index (χ4n) is 2.00. The van der Waals surface area contributed by atoms with Gasteiger partial charge in [-0.15, -0.1) is 0 Å². The maximum Gasteiger partial charge on any atom is 0.256 e. The molecule has 0 saturated heterocycles. The van der Waals surface area contributed by atoms with E-state index in [4.69, 9.17) is 0 Å². The quantitative estimate of drug-likeness (QED) is 0.908. The molecule has 1 aromatic carbocycles. The molecule has 2 amide bonds. The summed E-state index contributed by atoms with van der Waals surface area (Å²) in [7, 11) is 1.76. The zero-order chi connectivity index (χ0) is 15.6. The van der Waals surface area contributed by atoms with Crippen LogP contribution in [0, 0.1) is 13.8 Å². The number of nitrogens with zero attached hydrogens (tertiary/aromatic N) is 2. The fourth-order valence-corrected chi connectivity index (χ4v) is 2.00. The van der Waals surface area contributed by atoms with Crippen LogP contribution in [-0.2, 0) is 11.8 Å². The monoisotopic (exact) mass is 286 g/mol. The summed E-state index contributed by atoms with van der Waals surface area (Å²) >= 11 is 0. The van der Waals surface area contributed by atoms with E-state index in [1.807, 2.05) is 13.8 Å². The predicted octanol–water partition coefficient (Wildman–Crippen LogP) is 2.25. The number of anilines is 2. The van der Waals surface area contributed by atoms with Crippen molar-refractivity contribution in [3.8, 4) is 0 Å². The van der Waals surface area contributed by atoms with Gasteiger partial charge in [0, 0.05) is 31.3 Å². The van der Waals surface area contributed by atoms with Crippen molar-refractivity contribution in [3.05, 3.63) is 41.1 Å². The second-order valence-electron chi connectivity index (χ2n) is 4.96. The van der Waals surface area contributed by atoms with Crippen LogP contribution in [0.15, 0.2) is 24.3 Å². The number of carbonyl (C=O) groups is 2. The van der Waals surface area contributed by atoms with E-state index < -0.39 is 0 Å². The predicted molar refractivity (Wildman–Crippen MR) is 81.4 cm³/mol. The average molecular weight is 286 g/mol. The minimum absolute atomic E-state index is 0.169. The number of aromatic nitrogens is 2. The number of amides is 2. The normalized spacial score (nSPS) is 10.3. The average Bonchev–Trinajstić information content (AvgIpc) is 2.70. The molecule has 0 radical (unpaired) electrons. The molecule has 1 aromatic heterocycles. The first-order valence-electron chi connectivity index (χ1n) is 6.57. The van der Waals surface area contributed by atoms with E-state index >= 15 is 0 Å². The Kier molecular flexibility index (Phi) is 4.07. The third-order valence-corrected chi connectivity index (χ3v) is 3.05. The second kappa shape index (κ2) is 5.78. The smallest absolute Gasteiger partial charge is 0.256 e. The van der Waals surface area contributed by atoms with Crippen LogP contribution in [0.2, 0.25) is 0 Å². The molecule has 0 aliphatic rings. The van der Waals surface area contributed by atoms with E-state index in [9.17, 15) is 9.59 Å². The molecule has 21 heavy (non-hydrogen) atoms. The number of hydrogen-bond acceptors (Lipinski definition) is 3. The number of rotatable bonds is 3. The van der Waals surface area contributed by atoms with Gasteiger partial charge in [0.2, 0.25) is 5.91 Å². The molecule has 0 spiro atoms. The van der Waals surface area contributed by atoms with Crippen molar-refractivity contribution in [1.29, 1.82) is 0 Å². The van der Waals surface area contributed by atoms with Gasteiger partial charge in [-0.05, 0) is 31.5 Å². The molecule has 0 unspecified atom stereocenters. The van der Waals surface area contributed by atoms with Gasteiger partial charge in [-0.25, -0.2) is 0 Å². The minimum atomic E-state index is -0.246. The first kappa shape index (κ1) is 14.8. The highest BCUT2D eigenvalue weighted by molar-refractivity contribution is 6.05. The van der Waals surface area contributed by atoms with Crippen molar-refractivity contribution in [3.63, 3.8) is 0 Å². The van der Waals surface area contributed by atoms with Gasteiger partial charge in [0.25, 0.3) is 5.91 Å². The maximum absolute atomic E-state index is 12.3. The molecule has 0 atom stereocenters. The first-order chi connectivity index (χ1) is 9.86. The third-order valence-electron chi connectivity index (χ3n) is 3.05. The Hall–Kier alpha value is -2.63. The summed E-state index contributed by atoms with van der Waals surface area (Å²) in [5.74, 6) is 0.210. The zero-order valence-corrected chi connectivity index (χ0v) is 12.5. The summed E-state index contributed by atoms with van der Waals surface area (Å²) in [6.45, 7) is 5.17. The number of carbonyl (C=O) groups excluding carboxylic acids is 2. The molecular formula is C15H18N4O2.